The molecule has 0 saturated carbocycles. The molecule has 0 unspecified atom stereocenters. The van der Waals surface area contributed by atoms with Gasteiger partial charge in [0.05, 0.1) is 12.6 Å². The lowest BCUT2D eigenvalue weighted by Gasteiger charge is -2.17. The van der Waals surface area contributed by atoms with Crippen LogP contribution in [0.25, 0.3) is 0 Å². The predicted molar refractivity (Wildman–Crippen MR) is 85.1 cm³/mol. The summed E-state index contributed by atoms with van der Waals surface area (Å²) in [6, 6.07) is 10.9. The van der Waals surface area contributed by atoms with Crippen molar-refractivity contribution in [2.45, 2.75) is 19.4 Å². The minimum Gasteiger partial charge on any atom is -0.394 e. The second-order valence-electron chi connectivity index (χ2n) is 4.64. The van der Waals surface area contributed by atoms with Gasteiger partial charge in [0.25, 0.3) is 5.91 Å². The van der Waals surface area contributed by atoms with Gasteiger partial charge in [0.2, 0.25) is 0 Å². The molecule has 0 aliphatic heterocycles. The molecule has 110 valence electrons. The van der Waals surface area contributed by atoms with Crippen LogP contribution in [0.15, 0.2) is 47.1 Å². The largest absolute Gasteiger partial charge is 0.394 e. The van der Waals surface area contributed by atoms with Crippen LogP contribution in [0.2, 0.25) is 0 Å². The second kappa shape index (κ2) is 7.33. The van der Waals surface area contributed by atoms with E-state index in [4.69, 9.17) is 0 Å². The summed E-state index contributed by atoms with van der Waals surface area (Å²) in [6.07, 6.45) is 2.51. The van der Waals surface area contributed by atoms with Gasteiger partial charge in [-0.1, -0.05) is 31.2 Å². The molecule has 4 nitrogen and oxygen atoms in total. The highest BCUT2D eigenvalue weighted by molar-refractivity contribution is 9.10. The van der Waals surface area contributed by atoms with E-state index in [9.17, 15) is 9.90 Å². The van der Waals surface area contributed by atoms with Crippen LogP contribution in [0.1, 0.15) is 34.6 Å². The van der Waals surface area contributed by atoms with Crippen LogP contribution in [0.3, 0.4) is 0 Å². The Bertz CT molecular complexity index is 614. The van der Waals surface area contributed by atoms with Gasteiger partial charge >= 0.3 is 0 Å². The Morgan fingerprint density at radius 3 is 2.62 bits per heavy atom. The Morgan fingerprint density at radius 2 is 2.05 bits per heavy atom. The van der Waals surface area contributed by atoms with Gasteiger partial charge in [-0.2, -0.15) is 0 Å². The summed E-state index contributed by atoms with van der Waals surface area (Å²) < 4.78 is 0.625. The second-order valence-corrected chi connectivity index (χ2v) is 5.49. The summed E-state index contributed by atoms with van der Waals surface area (Å²) in [5.74, 6) is -0.318. The maximum Gasteiger partial charge on any atom is 0.271 e. The lowest BCUT2D eigenvalue weighted by molar-refractivity contribution is 0.0910. The van der Waals surface area contributed by atoms with Crippen LogP contribution >= 0.6 is 15.9 Å². The molecule has 2 aromatic rings. The number of amides is 1. The molecule has 0 fully saturated rings. The van der Waals surface area contributed by atoms with Gasteiger partial charge in [0, 0.05) is 10.7 Å². The van der Waals surface area contributed by atoms with E-state index in [2.05, 4.69) is 33.2 Å². The SMILES string of the molecule is CCc1ccc([C@H](CO)NC(=O)c2ncccc2Br)cc1. The van der Waals surface area contributed by atoms with E-state index in [-0.39, 0.29) is 12.5 Å². The summed E-state index contributed by atoms with van der Waals surface area (Å²) in [6.45, 7) is 1.92. The van der Waals surface area contributed by atoms with Crippen LogP contribution in [0.4, 0.5) is 0 Å². The molecule has 1 atom stereocenters. The number of aliphatic hydroxyl groups excluding tert-OH is 1. The average Bonchev–Trinajstić information content (AvgIpc) is 2.53. The zero-order valence-electron chi connectivity index (χ0n) is 11.7. The summed E-state index contributed by atoms with van der Waals surface area (Å²) >= 11 is 3.30. The van der Waals surface area contributed by atoms with Crippen LogP contribution in [-0.4, -0.2) is 22.6 Å². The Hall–Kier alpha value is -1.72. The molecule has 0 radical (unpaired) electrons. The third kappa shape index (κ3) is 3.89. The van der Waals surface area contributed by atoms with Gasteiger partial charge in [-0.3, -0.25) is 4.79 Å². The Morgan fingerprint density at radius 1 is 1.33 bits per heavy atom. The number of carbonyl (C=O) groups is 1. The van der Waals surface area contributed by atoms with Crippen LogP contribution in [-0.2, 0) is 6.42 Å². The van der Waals surface area contributed by atoms with Gasteiger partial charge in [-0.15, -0.1) is 0 Å². The van der Waals surface area contributed by atoms with Crippen molar-refractivity contribution in [2.75, 3.05) is 6.61 Å². The first-order chi connectivity index (χ1) is 10.2. The van der Waals surface area contributed by atoms with Crippen LogP contribution < -0.4 is 5.32 Å². The van der Waals surface area contributed by atoms with E-state index in [0.29, 0.717) is 10.2 Å². The minimum absolute atomic E-state index is 0.165. The third-order valence-corrected chi connectivity index (χ3v) is 3.89. The number of nitrogens with zero attached hydrogens (tertiary/aromatic N) is 1. The van der Waals surface area contributed by atoms with Gasteiger partial charge in [0.1, 0.15) is 5.69 Å². The average molecular weight is 349 g/mol. The predicted octanol–water partition coefficient (Wildman–Crippen LogP) is 2.87. The molecule has 1 aromatic heterocycles. The summed E-state index contributed by atoms with van der Waals surface area (Å²) in [5, 5.41) is 12.3. The molecule has 0 bridgehead atoms. The monoisotopic (exact) mass is 348 g/mol. The van der Waals surface area contributed by atoms with Gasteiger partial charge in [0.15, 0.2) is 0 Å². The quantitative estimate of drug-likeness (QED) is 0.873. The van der Waals surface area contributed by atoms with E-state index in [1.54, 1.807) is 18.3 Å². The zero-order valence-corrected chi connectivity index (χ0v) is 13.3. The zero-order chi connectivity index (χ0) is 15.2. The molecule has 2 N–H and O–H groups in total. The Kier molecular flexibility index (Phi) is 5.47. The molecule has 1 amide bonds. The number of hydrogen-bond acceptors (Lipinski definition) is 3. The smallest absolute Gasteiger partial charge is 0.271 e. The van der Waals surface area contributed by atoms with E-state index in [0.717, 1.165) is 12.0 Å². The summed E-state index contributed by atoms with van der Waals surface area (Å²) in [7, 11) is 0. The highest BCUT2D eigenvalue weighted by Gasteiger charge is 2.17. The molecule has 21 heavy (non-hydrogen) atoms. The fourth-order valence-electron chi connectivity index (χ4n) is 2.00. The first kappa shape index (κ1) is 15.7. The molecule has 5 heteroatoms. The van der Waals surface area contributed by atoms with Crippen LogP contribution in [0.5, 0.6) is 0 Å². The number of nitrogens with one attached hydrogen (secondary N) is 1. The van der Waals surface area contributed by atoms with Gasteiger partial charge in [-0.25, -0.2) is 4.98 Å². The van der Waals surface area contributed by atoms with E-state index < -0.39 is 6.04 Å². The fourth-order valence-corrected chi connectivity index (χ4v) is 2.43. The number of hydrogen-bond donors (Lipinski definition) is 2. The van der Waals surface area contributed by atoms with Gasteiger partial charge in [-0.05, 0) is 45.6 Å². The number of aliphatic hydroxyl groups is 1. The highest BCUT2D eigenvalue weighted by Crippen LogP contribution is 2.17. The van der Waals surface area contributed by atoms with Gasteiger partial charge < -0.3 is 10.4 Å². The van der Waals surface area contributed by atoms with Crippen molar-refractivity contribution in [3.63, 3.8) is 0 Å². The number of benzene rings is 1. The van der Waals surface area contributed by atoms with Crippen molar-refractivity contribution in [1.29, 1.82) is 0 Å². The lowest BCUT2D eigenvalue weighted by Crippen LogP contribution is -2.31. The van der Waals surface area contributed by atoms with E-state index >= 15 is 0 Å². The van der Waals surface area contributed by atoms with Crippen molar-refractivity contribution in [2.24, 2.45) is 0 Å². The Labute approximate surface area is 132 Å². The Balaban J connectivity index is 2.15. The summed E-state index contributed by atoms with van der Waals surface area (Å²) in [4.78, 5) is 16.3. The minimum atomic E-state index is -0.447. The molecule has 0 aliphatic rings. The molecule has 0 saturated heterocycles. The number of carbonyl (C=O) groups excluding carboxylic acids is 1. The maximum atomic E-state index is 12.2. The van der Waals surface area contributed by atoms with Crippen molar-refractivity contribution < 1.29 is 9.90 Å². The number of pyridine rings is 1. The number of aromatic nitrogens is 1. The van der Waals surface area contributed by atoms with Crippen molar-refractivity contribution in [3.05, 3.63) is 63.9 Å². The maximum absolute atomic E-state index is 12.2. The third-order valence-electron chi connectivity index (χ3n) is 3.25. The fraction of sp³-hybridized carbons (Fsp3) is 0.250. The summed E-state index contributed by atoms with van der Waals surface area (Å²) in [5.41, 5.74) is 2.39. The molecule has 1 aromatic carbocycles. The molecular weight excluding hydrogens is 332 g/mol. The first-order valence-corrected chi connectivity index (χ1v) is 7.56. The van der Waals surface area contributed by atoms with Crippen LogP contribution in [0, 0.1) is 0 Å². The lowest BCUT2D eigenvalue weighted by atomic mass is 10.0. The van der Waals surface area contributed by atoms with Crippen molar-refractivity contribution in [1.82, 2.24) is 10.3 Å². The standard InChI is InChI=1S/C16H17BrN2O2/c1-2-11-5-7-12(8-6-11)14(10-20)19-16(21)15-13(17)4-3-9-18-15/h3-9,14,20H,2,10H2,1H3,(H,19,21)/t14-/m0/s1. The topological polar surface area (TPSA) is 62.2 Å². The van der Waals surface area contributed by atoms with E-state index in [1.165, 1.54) is 5.56 Å². The van der Waals surface area contributed by atoms with E-state index in [1.807, 2.05) is 24.3 Å². The molecule has 1 heterocycles. The first-order valence-electron chi connectivity index (χ1n) is 6.76. The molecule has 2 rings (SSSR count). The molecule has 0 spiro atoms. The number of aryl methyl sites for hydroxylation is 1. The normalized spacial score (nSPS) is 12.0. The van der Waals surface area contributed by atoms with Crippen molar-refractivity contribution >= 4 is 21.8 Å². The highest BCUT2D eigenvalue weighted by atomic mass is 79.9. The van der Waals surface area contributed by atoms with Crippen molar-refractivity contribution in [3.8, 4) is 0 Å². The molecule has 0 aliphatic carbocycles. The number of rotatable bonds is 5. The number of halogens is 1. The molecular formula is C16H17BrN2O2.